The van der Waals surface area contributed by atoms with E-state index < -0.39 is 6.17 Å². The van der Waals surface area contributed by atoms with E-state index in [1.807, 2.05) is 42.5 Å². The number of nitrogens with zero attached hydrogens (tertiary/aromatic N) is 6. The van der Waals surface area contributed by atoms with E-state index >= 15 is 0 Å². The van der Waals surface area contributed by atoms with Gasteiger partial charge < -0.3 is 4.90 Å². The zero-order valence-electron chi connectivity index (χ0n) is 15.3. The number of amides is 1. The minimum Gasteiger partial charge on any atom is -0.354 e. The Kier molecular flexibility index (Phi) is 4.58. The van der Waals surface area contributed by atoms with Gasteiger partial charge in [0.1, 0.15) is 12.0 Å². The largest absolute Gasteiger partial charge is 0.354 e. The number of carbonyl (C=O) groups excluding carboxylic acids is 1. The summed E-state index contributed by atoms with van der Waals surface area (Å²) in [5.74, 6) is 0.796. The van der Waals surface area contributed by atoms with Gasteiger partial charge in [-0.1, -0.05) is 0 Å². The molecule has 3 aromatic heterocycles. The molecule has 0 saturated carbocycles. The van der Waals surface area contributed by atoms with Crippen LogP contribution >= 0.6 is 12.4 Å². The van der Waals surface area contributed by atoms with Crippen molar-refractivity contribution in [3.05, 3.63) is 48.7 Å². The number of carbonyl (C=O) groups is 1. The predicted molar refractivity (Wildman–Crippen MR) is 107 cm³/mol. The zero-order chi connectivity index (χ0) is 18.5. The number of aromatic nitrogens is 4. The average Bonchev–Trinajstić information content (AvgIpc) is 3.42. The van der Waals surface area contributed by atoms with E-state index in [1.54, 1.807) is 26.5 Å². The van der Waals surface area contributed by atoms with Crippen molar-refractivity contribution in [2.24, 2.45) is 7.05 Å². The number of hydrogen-bond donors (Lipinski definition) is 0. The van der Waals surface area contributed by atoms with Gasteiger partial charge in [0, 0.05) is 49.0 Å². The third-order valence-corrected chi connectivity index (χ3v) is 5.20. The first-order valence-corrected chi connectivity index (χ1v) is 8.96. The smallest absolute Gasteiger partial charge is 0.333 e. The third-order valence-electron chi connectivity index (χ3n) is 5.20. The highest BCUT2D eigenvalue weighted by atomic mass is 35.5. The third kappa shape index (κ3) is 3.03. The maximum absolute atomic E-state index is 13.4. The van der Waals surface area contributed by atoms with Gasteiger partial charge in [0.15, 0.2) is 0 Å². The van der Waals surface area contributed by atoms with Crippen LogP contribution in [0.4, 0.5) is 20.7 Å². The van der Waals surface area contributed by atoms with Gasteiger partial charge in [0.05, 0.1) is 25.0 Å². The molecular formula is C19H20ClFN6O. The van der Waals surface area contributed by atoms with Crippen LogP contribution in [-0.4, -0.2) is 44.6 Å². The number of anilines is 2. The summed E-state index contributed by atoms with van der Waals surface area (Å²) < 4.78 is 16.7. The number of rotatable bonds is 3. The molecule has 7 nitrogen and oxygen atoms in total. The molecule has 9 heteroatoms. The molecule has 0 spiro atoms. The Morgan fingerprint density at radius 1 is 1.18 bits per heavy atom. The van der Waals surface area contributed by atoms with Crippen molar-refractivity contribution in [3.63, 3.8) is 0 Å². The lowest BCUT2D eigenvalue weighted by molar-refractivity contribution is 0.251. The Hall–Kier alpha value is -2.87. The monoisotopic (exact) mass is 402 g/mol. The zero-order valence-corrected chi connectivity index (χ0v) is 16.1. The summed E-state index contributed by atoms with van der Waals surface area (Å²) in [5, 5.41) is 4.13. The number of fused-ring (bicyclic) bond motifs is 1. The van der Waals surface area contributed by atoms with Crippen molar-refractivity contribution >= 4 is 29.9 Å². The average molecular weight is 403 g/mol. The second-order valence-electron chi connectivity index (χ2n) is 7.07. The summed E-state index contributed by atoms with van der Waals surface area (Å²) in [6.07, 6.45) is 6.94. The lowest BCUT2D eigenvalue weighted by Crippen LogP contribution is -2.25. The molecule has 1 amide bonds. The van der Waals surface area contributed by atoms with Crippen LogP contribution in [0.2, 0.25) is 0 Å². The molecule has 5 rings (SSSR count). The second-order valence-corrected chi connectivity index (χ2v) is 7.07. The number of hydrogen-bond acceptors (Lipinski definition) is 4. The molecule has 1 fully saturated rings. The SMILES string of the molecule is Cl.Cn1cc(N2Cc3cc(-c4ccc(N5CC[C@@H](F)C5)nc4)cn3C2=O)cn1. The number of halogens is 2. The summed E-state index contributed by atoms with van der Waals surface area (Å²) in [5.41, 5.74) is 3.61. The maximum Gasteiger partial charge on any atom is 0.333 e. The van der Waals surface area contributed by atoms with E-state index in [-0.39, 0.29) is 18.4 Å². The fourth-order valence-corrected chi connectivity index (χ4v) is 3.74. The highest BCUT2D eigenvalue weighted by Gasteiger charge is 2.30. The maximum atomic E-state index is 13.4. The van der Waals surface area contributed by atoms with Crippen molar-refractivity contribution in [2.45, 2.75) is 19.1 Å². The normalized spacial score (nSPS) is 18.5. The molecule has 28 heavy (non-hydrogen) atoms. The van der Waals surface area contributed by atoms with Crippen molar-refractivity contribution < 1.29 is 9.18 Å². The van der Waals surface area contributed by atoms with Crippen LogP contribution in [0.1, 0.15) is 12.1 Å². The Morgan fingerprint density at radius 2 is 2.04 bits per heavy atom. The first-order valence-electron chi connectivity index (χ1n) is 8.96. The molecule has 2 aliphatic rings. The van der Waals surface area contributed by atoms with Gasteiger partial charge in [-0.25, -0.2) is 14.2 Å². The Bertz CT molecular complexity index is 1010. The molecule has 0 aliphatic carbocycles. The topological polar surface area (TPSA) is 59.2 Å². The van der Waals surface area contributed by atoms with E-state index in [2.05, 4.69) is 10.1 Å². The first kappa shape index (κ1) is 18.5. The molecule has 0 radical (unpaired) electrons. The van der Waals surface area contributed by atoms with Crippen LogP contribution in [0.15, 0.2) is 43.0 Å². The van der Waals surface area contributed by atoms with Crippen LogP contribution < -0.4 is 9.80 Å². The number of aryl methyl sites for hydroxylation is 1. The molecule has 2 aliphatic heterocycles. The number of alkyl halides is 1. The van der Waals surface area contributed by atoms with Gasteiger partial charge in [-0.15, -0.1) is 12.4 Å². The van der Waals surface area contributed by atoms with E-state index in [4.69, 9.17) is 0 Å². The van der Waals surface area contributed by atoms with Gasteiger partial charge in [0.2, 0.25) is 0 Å². The van der Waals surface area contributed by atoms with Gasteiger partial charge >= 0.3 is 6.03 Å². The summed E-state index contributed by atoms with van der Waals surface area (Å²) >= 11 is 0. The summed E-state index contributed by atoms with van der Waals surface area (Å²) in [4.78, 5) is 20.9. The lowest BCUT2D eigenvalue weighted by Gasteiger charge is -2.16. The Balaban J connectivity index is 0.00000192. The van der Waals surface area contributed by atoms with Crippen molar-refractivity contribution in [1.82, 2.24) is 19.3 Å². The molecule has 0 N–H and O–H groups in total. The molecular weight excluding hydrogens is 383 g/mol. The standard InChI is InChI=1S/C19H19FN6O.ClH/c1-23-11-17(8-22-23)26-12-16-6-14(9-25(16)19(26)27)13-2-3-18(21-7-13)24-5-4-15(20)10-24;/h2-3,6-9,11,15H,4-5,10,12H2,1H3;1H/t15-;/m1./s1. The van der Waals surface area contributed by atoms with Crippen LogP contribution in [0.25, 0.3) is 11.1 Å². The quantitative estimate of drug-likeness (QED) is 0.674. The highest BCUT2D eigenvalue weighted by molar-refractivity contribution is 5.97. The predicted octanol–water partition coefficient (Wildman–Crippen LogP) is 3.24. The lowest BCUT2D eigenvalue weighted by atomic mass is 10.1. The Morgan fingerprint density at radius 3 is 2.64 bits per heavy atom. The van der Waals surface area contributed by atoms with Gasteiger partial charge in [-0.05, 0) is 24.6 Å². The number of pyridine rings is 1. The molecule has 1 atom stereocenters. The van der Waals surface area contributed by atoms with E-state index in [1.165, 1.54) is 0 Å². The summed E-state index contributed by atoms with van der Waals surface area (Å²) in [7, 11) is 1.83. The fraction of sp³-hybridized carbons (Fsp3) is 0.316. The molecule has 146 valence electrons. The van der Waals surface area contributed by atoms with Crippen LogP contribution in [0.3, 0.4) is 0 Å². The fourth-order valence-electron chi connectivity index (χ4n) is 3.74. The van der Waals surface area contributed by atoms with Crippen molar-refractivity contribution in [3.8, 4) is 11.1 Å². The molecule has 3 aromatic rings. The van der Waals surface area contributed by atoms with E-state index in [0.717, 1.165) is 28.3 Å². The van der Waals surface area contributed by atoms with E-state index in [0.29, 0.717) is 26.1 Å². The minimum absolute atomic E-state index is 0. The summed E-state index contributed by atoms with van der Waals surface area (Å²) in [6, 6.07) is 5.82. The molecule has 0 bridgehead atoms. The Labute approximate surface area is 167 Å². The molecule has 0 aromatic carbocycles. The minimum atomic E-state index is -0.769. The van der Waals surface area contributed by atoms with Crippen molar-refractivity contribution in [2.75, 3.05) is 22.9 Å². The van der Waals surface area contributed by atoms with Gasteiger partial charge in [0.25, 0.3) is 0 Å². The molecule has 1 saturated heterocycles. The van der Waals surface area contributed by atoms with E-state index in [9.17, 15) is 9.18 Å². The first-order chi connectivity index (χ1) is 13.1. The molecule has 0 unspecified atom stereocenters. The second kappa shape index (κ2) is 6.94. The van der Waals surface area contributed by atoms with Crippen molar-refractivity contribution in [1.29, 1.82) is 0 Å². The summed E-state index contributed by atoms with van der Waals surface area (Å²) in [6.45, 7) is 1.62. The van der Waals surface area contributed by atoms with Gasteiger partial charge in [-0.2, -0.15) is 5.10 Å². The highest BCUT2D eigenvalue weighted by Crippen LogP contribution is 2.30. The van der Waals surface area contributed by atoms with Gasteiger partial charge in [-0.3, -0.25) is 14.1 Å². The molecule has 5 heterocycles. The van der Waals surface area contributed by atoms with Crippen LogP contribution in [-0.2, 0) is 13.6 Å². The van der Waals surface area contributed by atoms with Crippen LogP contribution in [0.5, 0.6) is 0 Å². The van der Waals surface area contributed by atoms with Crippen LogP contribution in [0, 0.1) is 0 Å².